The van der Waals surface area contributed by atoms with Gasteiger partial charge in [-0.15, -0.1) is 0 Å². The maximum Gasteiger partial charge on any atom is 0.272 e. The quantitative estimate of drug-likeness (QED) is 0.0166. The summed E-state index contributed by atoms with van der Waals surface area (Å²) in [6, 6.07) is 35.2. The summed E-state index contributed by atoms with van der Waals surface area (Å²) in [5.74, 6) is -0.293. The van der Waals surface area contributed by atoms with Gasteiger partial charge in [-0.25, -0.2) is 0 Å². The molecule has 4 aromatic rings. The number of alkyl halides is 4. The molecule has 0 radical (unpaired) electrons. The topological polar surface area (TPSA) is 189 Å². The summed E-state index contributed by atoms with van der Waals surface area (Å²) in [6.45, 7) is 1.36. The standard InChI is InChI=1S/C49H56BrCl3N4O13/c1-59-36-20-18-35(19-21-36)45-65-30-38-41(69-45)43(63-28-33-14-7-3-8-15-33)44(64-29-34-16-9-4-10-17-34)47(68-38)70-42-39(56-48(58)49(51,52)53)46(66-31-61-24-11-23-60-25-22-55-57-54)67-37(26-50)40(42)62-27-32-12-5-2-6-13-32/h2-10,12-21,37-47H,11,22-31H2,1H3,(H,56,58)/t37-,38-,39-,40-,41+,42-,43+,44-,45?,46-,47-/m1/s1. The molecule has 3 fully saturated rings. The number of halogens is 4. The average Bonchev–Trinajstić information content (AvgIpc) is 3.38. The Morgan fingerprint density at radius 1 is 0.743 bits per heavy atom. The summed E-state index contributed by atoms with van der Waals surface area (Å²) in [5.41, 5.74) is 11.9. The monoisotopic (exact) mass is 1090 g/mol. The zero-order chi connectivity index (χ0) is 49.1. The summed E-state index contributed by atoms with van der Waals surface area (Å²) in [7, 11) is 1.60. The van der Waals surface area contributed by atoms with Crippen LogP contribution in [0.4, 0.5) is 0 Å². The first-order valence-corrected chi connectivity index (χ1v) is 25.0. The highest BCUT2D eigenvalue weighted by Gasteiger charge is 2.56. The summed E-state index contributed by atoms with van der Waals surface area (Å²) >= 11 is 22.3. The minimum atomic E-state index is -2.40. The Labute approximate surface area is 430 Å². The Bertz CT molecular complexity index is 2210. The first kappa shape index (κ1) is 54.2. The van der Waals surface area contributed by atoms with Gasteiger partial charge in [-0.2, -0.15) is 0 Å². The molecule has 0 saturated carbocycles. The lowest BCUT2D eigenvalue weighted by atomic mass is 9.94. The molecular formula is C49H56BrCl3N4O13. The Hall–Kier alpha value is -3.63. The van der Waals surface area contributed by atoms with Gasteiger partial charge in [0.05, 0.1) is 52.9 Å². The number of nitrogens with one attached hydrogen (secondary N) is 1. The van der Waals surface area contributed by atoms with Gasteiger partial charge in [-0.1, -0.05) is 159 Å². The first-order chi connectivity index (χ1) is 34.1. The number of azide groups is 1. The van der Waals surface area contributed by atoms with E-state index in [0.29, 0.717) is 18.8 Å². The fraction of sp³-hybridized carbons (Fsp3) is 0.490. The van der Waals surface area contributed by atoms with E-state index >= 15 is 0 Å². The maximum atomic E-state index is 13.8. The van der Waals surface area contributed by atoms with E-state index in [0.717, 1.165) is 22.3 Å². The summed E-state index contributed by atoms with van der Waals surface area (Å²) in [6.07, 6.45) is -8.88. The van der Waals surface area contributed by atoms with Gasteiger partial charge < -0.3 is 62.2 Å². The molecule has 21 heteroatoms. The summed E-state index contributed by atoms with van der Waals surface area (Å²) in [5, 5.41) is 6.53. The second kappa shape index (κ2) is 28.0. The van der Waals surface area contributed by atoms with E-state index < -0.39 is 77.3 Å². The molecule has 3 aliphatic heterocycles. The van der Waals surface area contributed by atoms with Crippen LogP contribution in [0.15, 0.2) is 120 Å². The predicted molar refractivity (Wildman–Crippen MR) is 261 cm³/mol. The van der Waals surface area contributed by atoms with Gasteiger partial charge in [0.25, 0.3) is 9.70 Å². The minimum absolute atomic E-state index is 0.0823. The molecule has 3 heterocycles. The van der Waals surface area contributed by atoms with Crippen LogP contribution in [0.25, 0.3) is 10.4 Å². The zero-order valence-electron chi connectivity index (χ0n) is 38.3. The molecule has 0 aliphatic carbocycles. The molecule has 70 heavy (non-hydrogen) atoms. The van der Waals surface area contributed by atoms with Crippen LogP contribution in [0.2, 0.25) is 0 Å². The van der Waals surface area contributed by atoms with Gasteiger partial charge >= 0.3 is 0 Å². The SMILES string of the molecule is COc1ccc(C2OC[C@H]3O[C@H](O[C@@H]4[C@@H](NC(=O)C(Cl)(Cl)Cl)[C@H](OCOCCCOCCN=[N+]=[N-])O[C@H](CBr)[C@H]4OCc4ccccc4)[C@H](OCc4ccccc4)[C@@H](OCc4ccccc4)[C@H]3O2)cc1. The number of rotatable bonds is 25. The number of fused-ring (bicyclic) bond motifs is 1. The number of amides is 1. The molecule has 0 spiro atoms. The number of methoxy groups -OCH3 is 1. The number of ether oxygens (including phenoxy) is 12. The van der Waals surface area contributed by atoms with Crippen molar-refractivity contribution in [3.8, 4) is 5.75 Å². The van der Waals surface area contributed by atoms with Crippen molar-refractivity contribution in [2.45, 2.75) is 97.7 Å². The van der Waals surface area contributed by atoms with Gasteiger partial charge in [0, 0.05) is 29.0 Å². The molecule has 3 aliphatic rings. The van der Waals surface area contributed by atoms with Gasteiger partial charge in [-0.3, -0.25) is 4.79 Å². The van der Waals surface area contributed by atoms with E-state index in [1.807, 2.05) is 115 Å². The molecule has 0 bridgehead atoms. The van der Waals surface area contributed by atoms with Crippen molar-refractivity contribution in [2.24, 2.45) is 5.11 Å². The van der Waals surface area contributed by atoms with Crippen molar-refractivity contribution >= 4 is 56.6 Å². The molecule has 1 N–H and O–H groups in total. The zero-order valence-corrected chi connectivity index (χ0v) is 42.1. The number of carbonyl (C=O) groups excluding carboxylic acids is 1. The maximum absolute atomic E-state index is 13.8. The van der Waals surface area contributed by atoms with Crippen molar-refractivity contribution < 1.29 is 61.6 Å². The van der Waals surface area contributed by atoms with E-state index in [1.54, 1.807) is 7.11 Å². The molecule has 1 unspecified atom stereocenters. The minimum Gasteiger partial charge on any atom is -0.497 e. The lowest BCUT2D eigenvalue weighted by Crippen LogP contribution is -2.69. The van der Waals surface area contributed by atoms with E-state index in [2.05, 4.69) is 31.3 Å². The molecule has 0 aromatic heterocycles. The Morgan fingerprint density at radius 3 is 1.93 bits per heavy atom. The van der Waals surface area contributed by atoms with Gasteiger partial charge in [-0.05, 0) is 40.8 Å². The molecule has 3 saturated heterocycles. The van der Waals surface area contributed by atoms with Gasteiger partial charge in [0.2, 0.25) is 0 Å². The molecule has 1 amide bonds. The van der Waals surface area contributed by atoms with Crippen molar-refractivity contribution in [3.05, 3.63) is 148 Å². The lowest BCUT2D eigenvalue weighted by Gasteiger charge is -2.52. The summed E-state index contributed by atoms with van der Waals surface area (Å²) < 4.78 is 74.8. The largest absolute Gasteiger partial charge is 0.497 e. The Morgan fingerprint density at radius 2 is 1.34 bits per heavy atom. The molecule has 378 valence electrons. The Kier molecular flexibility index (Phi) is 21.7. The van der Waals surface area contributed by atoms with Crippen molar-refractivity contribution in [1.82, 2.24) is 5.32 Å². The number of nitrogens with zero attached hydrogens (tertiary/aromatic N) is 3. The van der Waals surface area contributed by atoms with Crippen molar-refractivity contribution in [1.29, 1.82) is 0 Å². The van der Waals surface area contributed by atoms with Crippen LogP contribution in [0.1, 0.15) is 35.0 Å². The van der Waals surface area contributed by atoms with E-state index in [9.17, 15) is 4.79 Å². The normalized spacial score (nSPS) is 26.7. The van der Waals surface area contributed by atoms with Crippen LogP contribution in [-0.2, 0) is 76.7 Å². The Balaban J connectivity index is 1.23. The van der Waals surface area contributed by atoms with Gasteiger partial charge in [0.15, 0.2) is 18.9 Å². The smallest absolute Gasteiger partial charge is 0.272 e. The fourth-order valence-corrected chi connectivity index (χ4v) is 8.70. The first-order valence-electron chi connectivity index (χ1n) is 22.7. The molecule has 7 rings (SSSR count). The van der Waals surface area contributed by atoms with Crippen LogP contribution in [-0.4, -0.2) is 123 Å². The number of hydrogen-bond acceptors (Lipinski definition) is 14. The van der Waals surface area contributed by atoms with E-state index in [4.69, 9.17) is 97.2 Å². The molecule has 11 atom stereocenters. The summed E-state index contributed by atoms with van der Waals surface area (Å²) in [4.78, 5) is 16.5. The van der Waals surface area contributed by atoms with Crippen molar-refractivity contribution in [3.63, 3.8) is 0 Å². The van der Waals surface area contributed by atoms with Crippen LogP contribution in [0.5, 0.6) is 5.75 Å². The van der Waals surface area contributed by atoms with Crippen LogP contribution < -0.4 is 10.1 Å². The third kappa shape index (κ3) is 15.7. The highest BCUT2D eigenvalue weighted by Crippen LogP contribution is 2.40. The fourth-order valence-electron chi connectivity index (χ4n) is 8.02. The predicted octanol–water partition coefficient (Wildman–Crippen LogP) is 8.66. The molecular weight excluding hydrogens is 1040 g/mol. The third-order valence-electron chi connectivity index (χ3n) is 11.5. The van der Waals surface area contributed by atoms with E-state index in [-0.39, 0.29) is 58.3 Å². The van der Waals surface area contributed by atoms with Crippen LogP contribution >= 0.6 is 50.7 Å². The van der Waals surface area contributed by atoms with E-state index in [1.165, 1.54) is 0 Å². The highest BCUT2D eigenvalue weighted by atomic mass is 79.9. The second-order valence-corrected chi connectivity index (χ2v) is 19.2. The van der Waals surface area contributed by atoms with Crippen LogP contribution in [0, 0.1) is 0 Å². The average molecular weight is 1100 g/mol. The number of carbonyl (C=O) groups is 1. The lowest BCUT2D eigenvalue weighted by molar-refractivity contribution is -0.389. The number of hydrogen-bond donors (Lipinski definition) is 1. The third-order valence-corrected chi connectivity index (χ3v) is 12.6. The molecule has 4 aromatic carbocycles. The number of benzene rings is 4. The highest BCUT2D eigenvalue weighted by molar-refractivity contribution is 9.09. The van der Waals surface area contributed by atoms with Crippen molar-refractivity contribution in [2.75, 3.05) is 52.2 Å². The van der Waals surface area contributed by atoms with Gasteiger partial charge in [0.1, 0.15) is 55.2 Å². The molecule has 17 nitrogen and oxygen atoms in total. The van der Waals surface area contributed by atoms with Crippen LogP contribution in [0.3, 0.4) is 0 Å². The second-order valence-electron chi connectivity index (χ2n) is 16.3.